The summed E-state index contributed by atoms with van der Waals surface area (Å²) in [6.07, 6.45) is 2.71. The summed E-state index contributed by atoms with van der Waals surface area (Å²) in [5.41, 5.74) is 1.45. The van der Waals surface area contributed by atoms with Gasteiger partial charge in [0.15, 0.2) is 0 Å². The summed E-state index contributed by atoms with van der Waals surface area (Å²) in [5.74, 6) is 0.927. The molecule has 18 heavy (non-hydrogen) atoms. The number of likely N-dealkylation sites (tertiary alicyclic amines) is 1. The number of benzene rings is 1. The molecule has 0 spiro atoms. The third kappa shape index (κ3) is 4.43. The van der Waals surface area contributed by atoms with Crippen LogP contribution in [0.5, 0.6) is 0 Å². The lowest BCUT2D eigenvalue weighted by Crippen LogP contribution is -2.24. The van der Waals surface area contributed by atoms with Gasteiger partial charge in [0.2, 0.25) is 0 Å². The molecule has 1 aromatic rings. The monoisotopic (exact) mass is 248 g/mol. The second-order valence-electron chi connectivity index (χ2n) is 5.14. The SMILES string of the molecule is CC[C@H]1CCN(C(C)c2ccccc2)C1.CNC. The normalized spacial score (nSPS) is 21.2. The Labute approximate surface area is 112 Å². The highest BCUT2D eigenvalue weighted by Gasteiger charge is 2.25. The quantitative estimate of drug-likeness (QED) is 0.883. The Kier molecular flexibility index (Phi) is 6.99. The summed E-state index contributed by atoms with van der Waals surface area (Å²) >= 11 is 0. The molecule has 1 N–H and O–H groups in total. The number of hydrogen-bond acceptors (Lipinski definition) is 2. The van der Waals surface area contributed by atoms with Crippen molar-refractivity contribution >= 4 is 0 Å². The molecule has 2 nitrogen and oxygen atoms in total. The second kappa shape index (κ2) is 8.28. The zero-order valence-electron chi connectivity index (χ0n) is 12.3. The predicted octanol–water partition coefficient (Wildman–Crippen LogP) is 3.32. The van der Waals surface area contributed by atoms with Gasteiger partial charge < -0.3 is 5.32 Å². The van der Waals surface area contributed by atoms with Crippen molar-refractivity contribution < 1.29 is 0 Å². The molecule has 0 radical (unpaired) electrons. The van der Waals surface area contributed by atoms with Gasteiger partial charge >= 0.3 is 0 Å². The number of hydrogen-bond donors (Lipinski definition) is 1. The highest BCUT2D eigenvalue weighted by Crippen LogP contribution is 2.28. The van der Waals surface area contributed by atoms with E-state index in [-0.39, 0.29) is 0 Å². The molecule has 1 aliphatic heterocycles. The van der Waals surface area contributed by atoms with Crippen LogP contribution in [-0.2, 0) is 0 Å². The minimum absolute atomic E-state index is 0.586. The standard InChI is InChI=1S/C14H21N.C2H7N/c1-3-13-9-10-15(11-13)12(2)14-7-5-4-6-8-14;1-3-2/h4-8,12-13H,3,9-11H2,1-2H3;3H,1-2H3/t12?,13-;/m0./s1. The third-order valence-corrected chi connectivity index (χ3v) is 3.72. The fraction of sp³-hybridized carbons (Fsp3) is 0.625. The first kappa shape index (κ1) is 15.2. The Hall–Kier alpha value is -0.860. The first-order valence-corrected chi connectivity index (χ1v) is 7.10. The van der Waals surface area contributed by atoms with Crippen molar-refractivity contribution in [2.24, 2.45) is 5.92 Å². The lowest BCUT2D eigenvalue weighted by Gasteiger charge is -2.24. The average molecular weight is 248 g/mol. The molecule has 1 aliphatic rings. The smallest absolute Gasteiger partial charge is 0.0319 e. The first-order valence-electron chi connectivity index (χ1n) is 7.10. The maximum Gasteiger partial charge on any atom is 0.0319 e. The number of nitrogens with zero attached hydrogens (tertiary/aromatic N) is 1. The Balaban J connectivity index is 0.000000492. The van der Waals surface area contributed by atoms with Crippen molar-refractivity contribution in [2.75, 3.05) is 27.2 Å². The molecule has 0 bridgehead atoms. The van der Waals surface area contributed by atoms with E-state index in [9.17, 15) is 0 Å². The third-order valence-electron chi connectivity index (χ3n) is 3.72. The van der Waals surface area contributed by atoms with Crippen LogP contribution in [0.3, 0.4) is 0 Å². The lowest BCUT2D eigenvalue weighted by molar-refractivity contribution is 0.252. The van der Waals surface area contributed by atoms with E-state index in [1.807, 2.05) is 14.1 Å². The summed E-state index contributed by atoms with van der Waals surface area (Å²) < 4.78 is 0. The topological polar surface area (TPSA) is 15.3 Å². The van der Waals surface area contributed by atoms with Crippen molar-refractivity contribution in [3.8, 4) is 0 Å². The van der Waals surface area contributed by atoms with Gasteiger partial charge in [-0.25, -0.2) is 0 Å². The molecular weight excluding hydrogens is 220 g/mol. The van der Waals surface area contributed by atoms with Crippen LogP contribution in [0.25, 0.3) is 0 Å². The van der Waals surface area contributed by atoms with Crippen LogP contribution in [0.4, 0.5) is 0 Å². The van der Waals surface area contributed by atoms with Crippen LogP contribution >= 0.6 is 0 Å². The highest BCUT2D eigenvalue weighted by atomic mass is 15.2. The first-order chi connectivity index (χ1) is 8.72. The number of nitrogens with one attached hydrogen (secondary N) is 1. The molecule has 2 rings (SSSR count). The van der Waals surface area contributed by atoms with Gasteiger partial charge in [0.25, 0.3) is 0 Å². The van der Waals surface area contributed by atoms with Crippen molar-refractivity contribution in [1.82, 2.24) is 10.2 Å². The van der Waals surface area contributed by atoms with Crippen molar-refractivity contribution in [3.05, 3.63) is 35.9 Å². The Morgan fingerprint density at radius 2 is 1.89 bits per heavy atom. The van der Waals surface area contributed by atoms with E-state index in [4.69, 9.17) is 0 Å². The van der Waals surface area contributed by atoms with E-state index in [1.165, 1.54) is 31.5 Å². The van der Waals surface area contributed by atoms with Crippen molar-refractivity contribution in [2.45, 2.75) is 32.7 Å². The highest BCUT2D eigenvalue weighted by molar-refractivity contribution is 5.18. The van der Waals surface area contributed by atoms with Crippen molar-refractivity contribution in [3.63, 3.8) is 0 Å². The van der Waals surface area contributed by atoms with Gasteiger partial charge in [-0.2, -0.15) is 0 Å². The fourth-order valence-corrected chi connectivity index (χ4v) is 2.49. The summed E-state index contributed by atoms with van der Waals surface area (Å²) in [6.45, 7) is 7.19. The summed E-state index contributed by atoms with van der Waals surface area (Å²) in [7, 11) is 3.75. The van der Waals surface area contributed by atoms with E-state index in [2.05, 4.69) is 54.4 Å². The van der Waals surface area contributed by atoms with E-state index in [0.29, 0.717) is 6.04 Å². The summed E-state index contributed by atoms with van der Waals surface area (Å²) in [4.78, 5) is 2.61. The fourth-order valence-electron chi connectivity index (χ4n) is 2.49. The summed E-state index contributed by atoms with van der Waals surface area (Å²) in [6, 6.07) is 11.4. The molecule has 0 saturated carbocycles. The molecule has 1 heterocycles. The molecule has 2 atom stereocenters. The van der Waals surface area contributed by atoms with E-state index >= 15 is 0 Å². The minimum Gasteiger partial charge on any atom is -0.323 e. The molecule has 0 aliphatic carbocycles. The predicted molar refractivity (Wildman–Crippen MR) is 79.8 cm³/mol. The van der Waals surface area contributed by atoms with Gasteiger partial charge in [-0.15, -0.1) is 0 Å². The maximum atomic E-state index is 2.75. The van der Waals surface area contributed by atoms with Gasteiger partial charge in [-0.3, -0.25) is 4.90 Å². The minimum atomic E-state index is 0.586. The van der Waals surface area contributed by atoms with E-state index < -0.39 is 0 Å². The average Bonchev–Trinajstić information content (AvgIpc) is 2.88. The molecule has 102 valence electrons. The summed E-state index contributed by atoms with van der Waals surface area (Å²) in [5, 5.41) is 2.75. The maximum absolute atomic E-state index is 2.75. The van der Waals surface area contributed by atoms with Crippen LogP contribution < -0.4 is 5.32 Å². The largest absolute Gasteiger partial charge is 0.323 e. The Morgan fingerprint density at radius 1 is 1.28 bits per heavy atom. The molecule has 1 saturated heterocycles. The van der Waals surface area contributed by atoms with E-state index in [0.717, 1.165) is 5.92 Å². The molecular formula is C16H28N2. The van der Waals surface area contributed by atoms with Gasteiger partial charge in [0.05, 0.1) is 0 Å². The van der Waals surface area contributed by atoms with Crippen LogP contribution in [0.1, 0.15) is 38.3 Å². The van der Waals surface area contributed by atoms with Gasteiger partial charge in [-0.05, 0) is 45.5 Å². The number of rotatable bonds is 3. The molecule has 1 fully saturated rings. The van der Waals surface area contributed by atoms with Gasteiger partial charge in [-0.1, -0.05) is 43.7 Å². The molecule has 1 unspecified atom stereocenters. The second-order valence-corrected chi connectivity index (χ2v) is 5.14. The zero-order chi connectivity index (χ0) is 13.4. The lowest BCUT2D eigenvalue weighted by atomic mass is 10.1. The van der Waals surface area contributed by atoms with Crippen LogP contribution in [0, 0.1) is 5.92 Å². The Morgan fingerprint density at radius 3 is 2.39 bits per heavy atom. The zero-order valence-corrected chi connectivity index (χ0v) is 12.3. The van der Waals surface area contributed by atoms with Crippen molar-refractivity contribution in [1.29, 1.82) is 0 Å². The Bertz CT molecular complexity index is 310. The van der Waals surface area contributed by atoms with E-state index in [1.54, 1.807) is 0 Å². The van der Waals surface area contributed by atoms with Crippen LogP contribution in [0.2, 0.25) is 0 Å². The molecule has 0 aromatic heterocycles. The molecule has 0 amide bonds. The van der Waals surface area contributed by atoms with Crippen LogP contribution in [0.15, 0.2) is 30.3 Å². The van der Waals surface area contributed by atoms with Gasteiger partial charge in [0.1, 0.15) is 0 Å². The van der Waals surface area contributed by atoms with Gasteiger partial charge in [0, 0.05) is 12.6 Å². The molecule has 2 heteroatoms. The van der Waals surface area contributed by atoms with Crippen LogP contribution in [-0.4, -0.2) is 32.1 Å². The molecule has 1 aromatic carbocycles.